The zero-order chi connectivity index (χ0) is 23.6. The Balaban J connectivity index is 2.04. The van der Waals surface area contributed by atoms with Crippen molar-refractivity contribution in [3.8, 4) is 11.3 Å². The minimum atomic E-state index is -2.43. The fourth-order valence-corrected chi connectivity index (χ4v) is 3.52. The summed E-state index contributed by atoms with van der Waals surface area (Å²) in [5.41, 5.74) is 4.79. The van der Waals surface area contributed by atoms with Crippen molar-refractivity contribution in [2.24, 2.45) is 12.5 Å². The summed E-state index contributed by atoms with van der Waals surface area (Å²) in [4.78, 5) is 4.69. The summed E-state index contributed by atoms with van der Waals surface area (Å²) in [6.07, 6.45) is 1.67. The van der Waals surface area contributed by atoms with Crippen LogP contribution in [-0.2, 0) is 13.4 Å². The molecule has 0 aliphatic carbocycles. The van der Waals surface area contributed by atoms with Crippen molar-refractivity contribution in [1.82, 2.24) is 9.38 Å². The predicted molar refractivity (Wildman–Crippen MR) is 112 cm³/mol. The van der Waals surface area contributed by atoms with Crippen LogP contribution in [0.15, 0.2) is 48.8 Å². The summed E-state index contributed by atoms with van der Waals surface area (Å²) < 4.78 is 45.6. The molecule has 0 aliphatic rings. The third-order valence-corrected chi connectivity index (χ3v) is 4.71. The minimum Gasteiger partial charge on any atom is -0.300 e. The Bertz CT molecular complexity index is 1340. The zero-order valence-corrected chi connectivity index (χ0v) is 16.5. The van der Waals surface area contributed by atoms with Gasteiger partial charge in [0, 0.05) is 24.7 Å². The van der Waals surface area contributed by atoms with E-state index in [9.17, 15) is 0 Å². The van der Waals surface area contributed by atoms with Gasteiger partial charge in [-0.25, -0.2) is 9.55 Å². The Morgan fingerprint density at radius 3 is 2.74 bits per heavy atom. The lowest BCUT2D eigenvalue weighted by Gasteiger charge is -2.19. The van der Waals surface area contributed by atoms with Crippen molar-refractivity contribution in [2.75, 3.05) is 0 Å². The van der Waals surface area contributed by atoms with Gasteiger partial charge in [0.1, 0.15) is 12.7 Å². The molecule has 3 heteroatoms. The fourth-order valence-electron chi connectivity index (χ4n) is 3.52. The second-order valence-electron chi connectivity index (χ2n) is 8.17. The van der Waals surface area contributed by atoms with Crippen LogP contribution in [0, 0.1) is 19.2 Å². The molecule has 27 heavy (non-hydrogen) atoms. The molecule has 0 amide bonds. The lowest BCUT2D eigenvalue weighted by molar-refractivity contribution is -0.660. The van der Waals surface area contributed by atoms with E-state index < -0.39 is 18.6 Å². The van der Waals surface area contributed by atoms with Crippen molar-refractivity contribution >= 4 is 16.7 Å². The first kappa shape index (κ1) is 12.7. The van der Waals surface area contributed by atoms with Crippen LogP contribution in [0.3, 0.4) is 0 Å². The number of benzene rings is 1. The van der Waals surface area contributed by atoms with Crippen LogP contribution in [-0.4, -0.2) is 9.38 Å². The Labute approximate surface area is 168 Å². The van der Waals surface area contributed by atoms with Gasteiger partial charge in [-0.2, -0.15) is 0 Å². The molecule has 4 aromatic rings. The van der Waals surface area contributed by atoms with Gasteiger partial charge in [0.2, 0.25) is 5.69 Å². The molecule has 0 spiro atoms. The Morgan fingerprint density at radius 2 is 2.00 bits per heavy atom. The van der Waals surface area contributed by atoms with E-state index >= 15 is 0 Å². The summed E-state index contributed by atoms with van der Waals surface area (Å²) in [5, 5.41) is 0. The van der Waals surface area contributed by atoms with Gasteiger partial charge in [-0.15, -0.1) is 0 Å². The molecule has 0 atom stereocenters. The van der Waals surface area contributed by atoms with Crippen molar-refractivity contribution in [3.63, 3.8) is 0 Å². The molecule has 0 bridgehead atoms. The zero-order valence-electron chi connectivity index (χ0n) is 21.5. The first-order valence-corrected chi connectivity index (χ1v) is 9.14. The molecule has 3 nitrogen and oxygen atoms in total. The average Bonchev–Trinajstić information content (AvgIpc) is 3.02. The highest BCUT2D eigenvalue weighted by atomic mass is 15.0. The van der Waals surface area contributed by atoms with Gasteiger partial charge < -0.3 is 0 Å². The van der Waals surface area contributed by atoms with Gasteiger partial charge in [-0.05, 0) is 61.0 Å². The highest BCUT2D eigenvalue weighted by molar-refractivity contribution is 5.86. The second-order valence-corrected chi connectivity index (χ2v) is 8.17. The SMILES string of the molecule is [2H]C([2H])([2H])c1c[n+](C)c(-c2cc3c(cc2C)nc2ccccn23)cc1C([2H])([2H])C(C)(C)C. The van der Waals surface area contributed by atoms with Gasteiger partial charge in [-0.1, -0.05) is 26.8 Å². The van der Waals surface area contributed by atoms with E-state index in [0.29, 0.717) is 0 Å². The first-order chi connectivity index (χ1) is 14.7. The maximum atomic E-state index is 8.83. The molecule has 0 N–H and O–H groups in total. The maximum absolute atomic E-state index is 8.83. The normalized spacial score (nSPS) is 16.0. The average molecular weight is 364 g/mol. The number of aromatic nitrogens is 3. The molecule has 3 heterocycles. The molecular weight excluding hydrogens is 330 g/mol. The molecular formula is C24H28N3+. The predicted octanol–water partition coefficient (Wildman–Crippen LogP) is 5.18. The monoisotopic (exact) mass is 363 g/mol. The number of aryl methyl sites for hydroxylation is 3. The van der Waals surface area contributed by atoms with Gasteiger partial charge in [-0.3, -0.25) is 4.40 Å². The van der Waals surface area contributed by atoms with Crippen molar-refractivity contribution in [1.29, 1.82) is 0 Å². The van der Waals surface area contributed by atoms with Crippen molar-refractivity contribution < 1.29 is 11.4 Å². The highest BCUT2D eigenvalue weighted by Crippen LogP contribution is 2.30. The minimum absolute atomic E-state index is 0.0391. The van der Waals surface area contributed by atoms with E-state index in [-0.39, 0.29) is 11.1 Å². The van der Waals surface area contributed by atoms with Crippen LogP contribution < -0.4 is 4.57 Å². The maximum Gasteiger partial charge on any atom is 0.212 e. The number of nitrogens with zero attached hydrogens (tertiary/aromatic N) is 3. The second kappa shape index (κ2) is 6.19. The number of rotatable bonds is 2. The fraction of sp³-hybridized carbons (Fsp3) is 0.333. The van der Waals surface area contributed by atoms with Crippen LogP contribution in [0.1, 0.15) is 44.3 Å². The molecule has 0 saturated heterocycles. The number of hydrogen-bond acceptors (Lipinski definition) is 1. The van der Waals surface area contributed by atoms with Gasteiger partial charge in [0.05, 0.1) is 16.6 Å². The molecule has 0 unspecified atom stereocenters. The van der Waals surface area contributed by atoms with Crippen LogP contribution in [0.5, 0.6) is 0 Å². The Morgan fingerprint density at radius 1 is 1.19 bits per heavy atom. The molecule has 3 aromatic heterocycles. The first-order valence-electron chi connectivity index (χ1n) is 11.6. The summed E-state index contributed by atoms with van der Waals surface area (Å²) in [7, 11) is 1.80. The van der Waals surface area contributed by atoms with Crippen molar-refractivity contribution in [2.45, 2.75) is 40.9 Å². The molecule has 0 radical (unpaired) electrons. The number of imidazole rings is 1. The lowest BCUT2D eigenvalue weighted by atomic mass is 9.86. The summed E-state index contributed by atoms with van der Waals surface area (Å²) in [5.74, 6) is 0. The van der Waals surface area contributed by atoms with E-state index in [1.807, 2.05) is 47.9 Å². The number of pyridine rings is 2. The molecule has 0 fully saturated rings. The van der Waals surface area contributed by atoms with Crippen LogP contribution in [0.2, 0.25) is 0 Å². The molecule has 138 valence electrons. The number of fused-ring (bicyclic) bond motifs is 3. The summed E-state index contributed by atoms with van der Waals surface area (Å²) in [6, 6.07) is 11.6. The summed E-state index contributed by atoms with van der Waals surface area (Å²) >= 11 is 0. The lowest BCUT2D eigenvalue weighted by Crippen LogP contribution is -2.32. The smallest absolute Gasteiger partial charge is 0.212 e. The summed E-state index contributed by atoms with van der Waals surface area (Å²) in [6.45, 7) is 4.94. The third-order valence-electron chi connectivity index (χ3n) is 4.71. The molecule has 1 aromatic carbocycles. The van der Waals surface area contributed by atoms with Crippen molar-refractivity contribution in [3.05, 3.63) is 65.5 Å². The van der Waals surface area contributed by atoms with Crippen LogP contribution in [0.25, 0.3) is 27.9 Å². The van der Waals surface area contributed by atoms with Gasteiger partial charge in [0.25, 0.3) is 0 Å². The van der Waals surface area contributed by atoms with E-state index in [0.717, 1.165) is 33.5 Å². The Kier molecular flexibility index (Phi) is 2.90. The van der Waals surface area contributed by atoms with Crippen LogP contribution in [0.4, 0.5) is 0 Å². The number of hydrogen-bond donors (Lipinski definition) is 0. The molecule has 0 saturated carbocycles. The topological polar surface area (TPSA) is 21.2 Å². The van der Waals surface area contributed by atoms with E-state index in [4.69, 9.17) is 11.8 Å². The van der Waals surface area contributed by atoms with E-state index in [1.165, 1.54) is 0 Å². The van der Waals surface area contributed by atoms with Gasteiger partial charge in [0.15, 0.2) is 6.20 Å². The largest absolute Gasteiger partial charge is 0.300 e. The van der Waals surface area contributed by atoms with Gasteiger partial charge >= 0.3 is 0 Å². The standard InChI is InChI=1S/C24H28N3/c1-16-11-20-22(27-10-8-7-9-23(27)25-20)13-19(16)21-12-18(14-24(3,4)5)17(2)15-26(21)6/h7-13,15H,14H2,1-6H3/q+1/i2D3,14D2. The van der Waals surface area contributed by atoms with E-state index in [2.05, 4.69) is 0 Å². The highest BCUT2D eigenvalue weighted by Gasteiger charge is 2.20. The van der Waals surface area contributed by atoms with E-state index in [1.54, 1.807) is 44.6 Å². The third kappa shape index (κ3) is 3.23. The quantitative estimate of drug-likeness (QED) is 0.449. The van der Waals surface area contributed by atoms with Crippen LogP contribution >= 0.6 is 0 Å². The molecule has 0 aliphatic heterocycles. The molecule has 4 rings (SSSR count). The Hall–Kier alpha value is -2.68.